The lowest BCUT2D eigenvalue weighted by molar-refractivity contribution is -0.115. The van der Waals surface area contributed by atoms with Gasteiger partial charge in [-0.2, -0.15) is 0 Å². The molecule has 2 rings (SSSR count). The first-order valence-electron chi connectivity index (χ1n) is 9.46. The molecule has 0 aliphatic rings. The zero-order chi connectivity index (χ0) is 19.7. The van der Waals surface area contributed by atoms with Gasteiger partial charge < -0.3 is 9.53 Å². The SMILES string of the molecule is CCCCC(C=O)(CC)CSc1ccc(OC)cc1C(=O)c1ccccc1. The van der Waals surface area contributed by atoms with Gasteiger partial charge in [0, 0.05) is 27.2 Å². The predicted octanol–water partition coefficient (Wildman–Crippen LogP) is 5.80. The second-order valence-electron chi connectivity index (χ2n) is 6.78. The van der Waals surface area contributed by atoms with E-state index in [1.807, 2.05) is 42.5 Å². The number of unbranched alkanes of at least 4 members (excludes halogenated alkanes) is 1. The summed E-state index contributed by atoms with van der Waals surface area (Å²) in [4.78, 5) is 25.7. The van der Waals surface area contributed by atoms with Crippen molar-refractivity contribution in [1.29, 1.82) is 0 Å². The number of ether oxygens (including phenoxy) is 1. The summed E-state index contributed by atoms with van der Waals surface area (Å²) < 4.78 is 5.32. The Kier molecular flexibility index (Phi) is 8.11. The molecule has 0 radical (unpaired) electrons. The second-order valence-corrected chi connectivity index (χ2v) is 7.80. The van der Waals surface area contributed by atoms with Gasteiger partial charge in [-0.3, -0.25) is 4.79 Å². The van der Waals surface area contributed by atoms with E-state index in [0.717, 1.165) is 36.9 Å². The van der Waals surface area contributed by atoms with Crippen LogP contribution in [-0.2, 0) is 4.79 Å². The van der Waals surface area contributed by atoms with Gasteiger partial charge in [0.25, 0.3) is 0 Å². The Morgan fingerprint density at radius 1 is 1.15 bits per heavy atom. The Labute approximate surface area is 166 Å². The van der Waals surface area contributed by atoms with Crippen molar-refractivity contribution < 1.29 is 14.3 Å². The maximum atomic E-state index is 13.0. The normalized spacial score (nSPS) is 13.0. The van der Waals surface area contributed by atoms with Crippen LogP contribution < -0.4 is 4.74 Å². The summed E-state index contributed by atoms with van der Waals surface area (Å²) >= 11 is 1.59. The largest absolute Gasteiger partial charge is 0.497 e. The fourth-order valence-electron chi connectivity index (χ4n) is 2.96. The summed E-state index contributed by atoms with van der Waals surface area (Å²) in [5.74, 6) is 1.30. The zero-order valence-corrected chi connectivity index (χ0v) is 17.2. The van der Waals surface area contributed by atoms with E-state index in [1.54, 1.807) is 24.9 Å². The molecule has 0 amide bonds. The smallest absolute Gasteiger partial charge is 0.194 e. The Morgan fingerprint density at radius 3 is 2.48 bits per heavy atom. The topological polar surface area (TPSA) is 43.4 Å². The minimum atomic E-state index is -0.340. The van der Waals surface area contributed by atoms with Crippen molar-refractivity contribution >= 4 is 23.8 Å². The van der Waals surface area contributed by atoms with Crippen LogP contribution in [-0.4, -0.2) is 24.9 Å². The van der Waals surface area contributed by atoms with E-state index in [9.17, 15) is 9.59 Å². The van der Waals surface area contributed by atoms with Gasteiger partial charge in [-0.25, -0.2) is 0 Å². The average molecular weight is 385 g/mol. The Balaban J connectivity index is 2.31. The summed E-state index contributed by atoms with van der Waals surface area (Å²) in [7, 11) is 1.60. The average Bonchev–Trinajstić information content (AvgIpc) is 2.74. The number of aldehydes is 1. The highest BCUT2D eigenvalue weighted by Crippen LogP contribution is 2.36. The van der Waals surface area contributed by atoms with Crippen LogP contribution in [0.4, 0.5) is 0 Å². The van der Waals surface area contributed by atoms with Gasteiger partial charge in [-0.1, -0.05) is 57.0 Å². The van der Waals surface area contributed by atoms with E-state index in [-0.39, 0.29) is 11.2 Å². The number of ketones is 1. The summed E-state index contributed by atoms with van der Waals surface area (Å²) in [6.07, 6.45) is 4.90. The Hall–Kier alpha value is -2.07. The van der Waals surface area contributed by atoms with Crippen LogP contribution in [0.1, 0.15) is 55.5 Å². The summed E-state index contributed by atoms with van der Waals surface area (Å²) in [5.41, 5.74) is 0.931. The predicted molar refractivity (Wildman–Crippen MR) is 112 cm³/mol. The molecular formula is C23H28O3S. The highest BCUT2D eigenvalue weighted by Gasteiger charge is 2.28. The summed E-state index contributed by atoms with van der Waals surface area (Å²) in [5, 5.41) is 0. The van der Waals surface area contributed by atoms with Crippen molar-refractivity contribution in [3.8, 4) is 5.75 Å². The highest BCUT2D eigenvalue weighted by molar-refractivity contribution is 7.99. The lowest BCUT2D eigenvalue weighted by atomic mass is 9.84. The van der Waals surface area contributed by atoms with E-state index in [2.05, 4.69) is 13.8 Å². The quantitative estimate of drug-likeness (QED) is 0.279. The monoisotopic (exact) mass is 384 g/mol. The molecule has 0 bridgehead atoms. The van der Waals surface area contributed by atoms with E-state index >= 15 is 0 Å². The van der Waals surface area contributed by atoms with Crippen LogP contribution in [0.5, 0.6) is 5.75 Å². The summed E-state index contributed by atoms with van der Waals surface area (Å²) in [6.45, 7) is 4.20. The molecule has 0 fully saturated rings. The van der Waals surface area contributed by atoms with Crippen molar-refractivity contribution in [2.45, 2.75) is 44.4 Å². The van der Waals surface area contributed by atoms with Crippen molar-refractivity contribution in [3.05, 3.63) is 59.7 Å². The molecular weight excluding hydrogens is 356 g/mol. The fourth-order valence-corrected chi connectivity index (χ4v) is 4.29. The first-order valence-corrected chi connectivity index (χ1v) is 10.4. The van der Waals surface area contributed by atoms with Crippen LogP contribution in [0.3, 0.4) is 0 Å². The minimum absolute atomic E-state index is 0.0289. The van der Waals surface area contributed by atoms with Gasteiger partial charge in [0.05, 0.1) is 7.11 Å². The second kappa shape index (κ2) is 10.3. The van der Waals surface area contributed by atoms with Crippen LogP contribution in [0.2, 0.25) is 0 Å². The fraction of sp³-hybridized carbons (Fsp3) is 0.391. The molecule has 0 saturated carbocycles. The van der Waals surface area contributed by atoms with E-state index in [4.69, 9.17) is 4.74 Å². The van der Waals surface area contributed by atoms with Crippen molar-refractivity contribution in [3.63, 3.8) is 0 Å². The summed E-state index contributed by atoms with van der Waals surface area (Å²) in [6, 6.07) is 14.8. The Morgan fingerprint density at radius 2 is 1.89 bits per heavy atom. The molecule has 2 aromatic rings. The number of methoxy groups -OCH3 is 1. The van der Waals surface area contributed by atoms with Crippen LogP contribution in [0, 0.1) is 5.41 Å². The van der Waals surface area contributed by atoms with E-state index < -0.39 is 0 Å². The number of benzene rings is 2. The number of carbonyl (C=O) groups is 2. The Bertz CT molecular complexity index is 757. The van der Waals surface area contributed by atoms with Crippen molar-refractivity contribution in [2.24, 2.45) is 5.41 Å². The molecule has 1 unspecified atom stereocenters. The molecule has 0 N–H and O–H groups in total. The molecule has 0 heterocycles. The van der Waals surface area contributed by atoms with Crippen molar-refractivity contribution in [1.82, 2.24) is 0 Å². The van der Waals surface area contributed by atoms with Crippen molar-refractivity contribution in [2.75, 3.05) is 12.9 Å². The first-order chi connectivity index (χ1) is 13.1. The number of thioether (sulfide) groups is 1. The zero-order valence-electron chi connectivity index (χ0n) is 16.4. The highest BCUT2D eigenvalue weighted by atomic mass is 32.2. The molecule has 144 valence electrons. The van der Waals surface area contributed by atoms with Gasteiger partial charge in [-0.15, -0.1) is 11.8 Å². The van der Waals surface area contributed by atoms with E-state index in [0.29, 0.717) is 22.6 Å². The lowest BCUT2D eigenvalue weighted by Gasteiger charge is -2.26. The number of carbonyl (C=O) groups excluding carboxylic acids is 2. The number of rotatable bonds is 11. The minimum Gasteiger partial charge on any atom is -0.497 e. The number of hydrogen-bond acceptors (Lipinski definition) is 4. The van der Waals surface area contributed by atoms with Gasteiger partial charge >= 0.3 is 0 Å². The lowest BCUT2D eigenvalue weighted by Crippen LogP contribution is -2.25. The molecule has 1 atom stereocenters. The first kappa shape index (κ1) is 21.2. The molecule has 0 aliphatic heterocycles. The van der Waals surface area contributed by atoms with Gasteiger partial charge in [0.1, 0.15) is 12.0 Å². The van der Waals surface area contributed by atoms with Crippen LogP contribution in [0.25, 0.3) is 0 Å². The van der Waals surface area contributed by atoms with Gasteiger partial charge in [-0.05, 0) is 31.0 Å². The molecule has 0 spiro atoms. The molecule has 0 aromatic heterocycles. The molecule has 0 aliphatic carbocycles. The van der Waals surface area contributed by atoms with Crippen LogP contribution in [0.15, 0.2) is 53.4 Å². The molecule has 2 aromatic carbocycles. The third kappa shape index (κ3) is 5.46. The maximum Gasteiger partial charge on any atom is 0.194 e. The van der Waals surface area contributed by atoms with Gasteiger partial charge in [0.2, 0.25) is 0 Å². The molecule has 3 nitrogen and oxygen atoms in total. The maximum absolute atomic E-state index is 13.0. The molecule has 0 saturated heterocycles. The van der Waals surface area contributed by atoms with E-state index in [1.165, 1.54) is 0 Å². The van der Waals surface area contributed by atoms with Crippen LogP contribution >= 0.6 is 11.8 Å². The third-order valence-corrected chi connectivity index (χ3v) is 6.35. The number of hydrogen-bond donors (Lipinski definition) is 0. The third-order valence-electron chi connectivity index (χ3n) is 4.96. The van der Waals surface area contributed by atoms with Gasteiger partial charge in [0.15, 0.2) is 5.78 Å². The molecule has 27 heavy (non-hydrogen) atoms. The standard InChI is InChI=1S/C23H28O3S/c1-4-6-14-23(5-2,16-24)17-27-21-13-12-19(26-3)15-20(21)22(25)18-10-8-7-9-11-18/h7-13,15-16H,4-6,14,17H2,1-3H3. The molecule has 4 heteroatoms.